The Morgan fingerprint density at radius 1 is 1.20 bits per heavy atom. The standard InChI is InChI=1S/C15H15ClN2O2/c1-18(2)15(19)12-8-9-13(17-14(12)16)20-10-11-6-4-3-5-7-11/h3-9H,10H2,1-2H3. The molecule has 2 rings (SSSR count). The Kier molecular flexibility index (Phi) is 4.58. The number of pyridine rings is 1. The monoisotopic (exact) mass is 290 g/mol. The largest absolute Gasteiger partial charge is 0.473 e. The molecule has 0 aliphatic rings. The third-order valence-corrected chi connectivity index (χ3v) is 2.98. The molecule has 0 spiro atoms. The number of carbonyl (C=O) groups excluding carboxylic acids is 1. The SMILES string of the molecule is CN(C)C(=O)c1ccc(OCc2ccccc2)nc1Cl. The van der Waals surface area contributed by atoms with Crippen LogP contribution in [0.2, 0.25) is 5.15 Å². The molecule has 104 valence electrons. The van der Waals surface area contributed by atoms with E-state index in [1.165, 1.54) is 4.90 Å². The van der Waals surface area contributed by atoms with Gasteiger partial charge in [0.1, 0.15) is 11.8 Å². The van der Waals surface area contributed by atoms with E-state index in [1.807, 2.05) is 30.3 Å². The van der Waals surface area contributed by atoms with Crippen molar-refractivity contribution in [3.8, 4) is 5.88 Å². The maximum atomic E-state index is 11.8. The summed E-state index contributed by atoms with van der Waals surface area (Å²) in [7, 11) is 3.33. The summed E-state index contributed by atoms with van der Waals surface area (Å²) in [6.07, 6.45) is 0. The van der Waals surface area contributed by atoms with Crippen LogP contribution in [0.15, 0.2) is 42.5 Å². The Hall–Kier alpha value is -2.07. The molecule has 0 atom stereocenters. The molecular weight excluding hydrogens is 276 g/mol. The Morgan fingerprint density at radius 2 is 1.90 bits per heavy atom. The Morgan fingerprint density at radius 3 is 2.50 bits per heavy atom. The fourth-order valence-electron chi connectivity index (χ4n) is 1.63. The van der Waals surface area contributed by atoms with Gasteiger partial charge in [-0.1, -0.05) is 41.9 Å². The van der Waals surface area contributed by atoms with E-state index in [2.05, 4.69) is 4.98 Å². The highest BCUT2D eigenvalue weighted by Crippen LogP contribution is 2.19. The summed E-state index contributed by atoms with van der Waals surface area (Å²) in [5.41, 5.74) is 1.41. The van der Waals surface area contributed by atoms with Crippen molar-refractivity contribution < 1.29 is 9.53 Å². The molecule has 0 aliphatic carbocycles. The molecule has 0 bridgehead atoms. The van der Waals surface area contributed by atoms with E-state index in [4.69, 9.17) is 16.3 Å². The number of halogens is 1. The lowest BCUT2D eigenvalue weighted by molar-refractivity contribution is 0.0827. The van der Waals surface area contributed by atoms with Gasteiger partial charge in [-0.05, 0) is 11.6 Å². The van der Waals surface area contributed by atoms with E-state index in [0.717, 1.165) is 5.56 Å². The lowest BCUT2D eigenvalue weighted by Gasteiger charge is -2.12. The molecule has 1 heterocycles. The van der Waals surface area contributed by atoms with Crippen molar-refractivity contribution >= 4 is 17.5 Å². The Balaban J connectivity index is 2.08. The molecule has 0 saturated carbocycles. The van der Waals surface area contributed by atoms with Crippen LogP contribution in [-0.2, 0) is 6.61 Å². The van der Waals surface area contributed by atoms with Crippen molar-refractivity contribution in [3.05, 3.63) is 58.7 Å². The van der Waals surface area contributed by atoms with Gasteiger partial charge in [0.25, 0.3) is 5.91 Å². The number of carbonyl (C=O) groups is 1. The Bertz CT molecular complexity index is 600. The zero-order valence-electron chi connectivity index (χ0n) is 11.3. The third kappa shape index (κ3) is 3.48. The number of nitrogens with zero attached hydrogens (tertiary/aromatic N) is 2. The zero-order chi connectivity index (χ0) is 14.5. The molecule has 0 fully saturated rings. The molecular formula is C15H15ClN2O2. The van der Waals surface area contributed by atoms with Crippen LogP contribution >= 0.6 is 11.6 Å². The number of rotatable bonds is 4. The quantitative estimate of drug-likeness (QED) is 0.813. The van der Waals surface area contributed by atoms with Crippen molar-refractivity contribution in [3.63, 3.8) is 0 Å². The molecule has 1 aromatic heterocycles. The minimum Gasteiger partial charge on any atom is -0.473 e. The van der Waals surface area contributed by atoms with E-state index in [-0.39, 0.29) is 11.1 Å². The second-order valence-corrected chi connectivity index (χ2v) is 4.82. The van der Waals surface area contributed by atoms with Gasteiger partial charge in [-0.25, -0.2) is 4.98 Å². The van der Waals surface area contributed by atoms with Crippen LogP contribution in [0.3, 0.4) is 0 Å². The second kappa shape index (κ2) is 6.39. The summed E-state index contributed by atoms with van der Waals surface area (Å²) in [6, 6.07) is 13.0. The zero-order valence-corrected chi connectivity index (χ0v) is 12.1. The lowest BCUT2D eigenvalue weighted by Crippen LogP contribution is -2.22. The van der Waals surface area contributed by atoms with Crippen LogP contribution in [0.4, 0.5) is 0 Å². The minimum atomic E-state index is -0.183. The third-order valence-electron chi connectivity index (χ3n) is 2.69. The number of benzene rings is 1. The summed E-state index contributed by atoms with van der Waals surface area (Å²) in [5.74, 6) is 0.214. The Labute approximate surface area is 123 Å². The van der Waals surface area contributed by atoms with Gasteiger partial charge in [0.2, 0.25) is 5.88 Å². The molecule has 0 radical (unpaired) electrons. The summed E-state index contributed by atoms with van der Waals surface area (Å²) in [4.78, 5) is 17.4. The van der Waals surface area contributed by atoms with Gasteiger partial charge >= 0.3 is 0 Å². The maximum Gasteiger partial charge on any atom is 0.256 e. The first-order valence-electron chi connectivity index (χ1n) is 6.13. The van der Waals surface area contributed by atoms with Gasteiger partial charge in [-0.2, -0.15) is 0 Å². The van der Waals surface area contributed by atoms with E-state index in [9.17, 15) is 4.79 Å². The first kappa shape index (κ1) is 14.3. The second-order valence-electron chi connectivity index (χ2n) is 4.46. The molecule has 1 aromatic carbocycles. The number of amides is 1. The van der Waals surface area contributed by atoms with Crippen LogP contribution < -0.4 is 4.74 Å². The van der Waals surface area contributed by atoms with Gasteiger partial charge in [0.15, 0.2) is 0 Å². The number of hydrogen-bond acceptors (Lipinski definition) is 3. The van der Waals surface area contributed by atoms with Crippen LogP contribution in [0.25, 0.3) is 0 Å². The van der Waals surface area contributed by atoms with Gasteiger partial charge in [-0.3, -0.25) is 4.79 Å². The molecule has 4 nitrogen and oxygen atoms in total. The van der Waals surface area contributed by atoms with Crippen molar-refractivity contribution in [2.24, 2.45) is 0 Å². The summed E-state index contributed by atoms with van der Waals surface area (Å²) < 4.78 is 5.55. The predicted molar refractivity (Wildman–Crippen MR) is 78.0 cm³/mol. The molecule has 0 saturated heterocycles. The highest BCUT2D eigenvalue weighted by atomic mass is 35.5. The number of hydrogen-bond donors (Lipinski definition) is 0. The number of aromatic nitrogens is 1. The summed E-state index contributed by atoms with van der Waals surface area (Å²) >= 11 is 6.01. The average molecular weight is 291 g/mol. The van der Waals surface area contributed by atoms with Crippen molar-refractivity contribution in [1.29, 1.82) is 0 Å². The lowest BCUT2D eigenvalue weighted by atomic mass is 10.2. The number of ether oxygens (including phenoxy) is 1. The highest BCUT2D eigenvalue weighted by molar-refractivity contribution is 6.32. The van der Waals surface area contributed by atoms with E-state index < -0.39 is 0 Å². The molecule has 0 N–H and O–H groups in total. The van der Waals surface area contributed by atoms with Gasteiger partial charge in [0.05, 0.1) is 5.56 Å². The van der Waals surface area contributed by atoms with Crippen molar-refractivity contribution in [2.45, 2.75) is 6.61 Å². The molecule has 5 heteroatoms. The van der Waals surface area contributed by atoms with Crippen LogP contribution in [0.5, 0.6) is 5.88 Å². The first-order valence-corrected chi connectivity index (χ1v) is 6.50. The maximum absolute atomic E-state index is 11.8. The average Bonchev–Trinajstić information content (AvgIpc) is 2.45. The van der Waals surface area contributed by atoms with Crippen LogP contribution in [0, 0.1) is 0 Å². The van der Waals surface area contributed by atoms with Gasteiger partial charge in [0, 0.05) is 20.2 Å². The summed E-state index contributed by atoms with van der Waals surface area (Å²) in [5, 5.41) is 0.147. The first-order chi connectivity index (χ1) is 9.58. The van der Waals surface area contributed by atoms with E-state index in [1.54, 1.807) is 26.2 Å². The molecule has 20 heavy (non-hydrogen) atoms. The molecule has 1 amide bonds. The van der Waals surface area contributed by atoms with Gasteiger partial charge in [-0.15, -0.1) is 0 Å². The minimum absolute atomic E-state index is 0.147. The van der Waals surface area contributed by atoms with Crippen LogP contribution in [-0.4, -0.2) is 29.9 Å². The summed E-state index contributed by atoms with van der Waals surface area (Å²) in [6.45, 7) is 0.408. The molecule has 0 aliphatic heterocycles. The predicted octanol–water partition coefficient (Wildman–Crippen LogP) is 3.02. The van der Waals surface area contributed by atoms with E-state index >= 15 is 0 Å². The highest BCUT2D eigenvalue weighted by Gasteiger charge is 2.14. The normalized spacial score (nSPS) is 10.2. The van der Waals surface area contributed by atoms with Gasteiger partial charge < -0.3 is 9.64 Å². The fraction of sp³-hybridized carbons (Fsp3) is 0.200. The fourth-order valence-corrected chi connectivity index (χ4v) is 1.86. The smallest absolute Gasteiger partial charge is 0.256 e. The molecule has 2 aromatic rings. The topological polar surface area (TPSA) is 42.4 Å². The van der Waals surface area contributed by atoms with E-state index in [0.29, 0.717) is 18.1 Å². The van der Waals surface area contributed by atoms with Crippen molar-refractivity contribution in [2.75, 3.05) is 14.1 Å². The van der Waals surface area contributed by atoms with Crippen molar-refractivity contribution in [1.82, 2.24) is 9.88 Å². The molecule has 0 unspecified atom stereocenters. The van der Waals surface area contributed by atoms with Crippen LogP contribution in [0.1, 0.15) is 15.9 Å².